The van der Waals surface area contributed by atoms with Crippen LogP contribution in [0.25, 0.3) is 0 Å². The van der Waals surface area contributed by atoms with Crippen molar-refractivity contribution in [2.75, 3.05) is 13.0 Å². The minimum atomic E-state index is -0.591. The van der Waals surface area contributed by atoms with E-state index in [1.165, 1.54) is 6.42 Å². The topological polar surface area (TPSA) is 103 Å². The summed E-state index contributed by atoms with van der Waals surface area (Å²) >= 11 is 0. The zero-order chi connectivity index (χ0) is 20.0. The smallest absolute Gasteiger partial charge is 0.404 e. The zero-order valence-corrected chi connectivity index (χ0v) is 17.2. The second kappa shape index (κ2) is 7.37. The second-order valence-electron chi connectivity index (χ2n) is 9.60. The Hall–Kier alpha value is -1.12. The van der Waals surface area contributed by atoms with Gasteiger partial charge in [-0.05, 0) is 49.4 Å². The third-order valence-electron chi connectivity index (χ3n) is 6.99. The molecule has 4 rings (SSSR count). The van der Waals surface area contributed by atoms with Gasteiger partial charge in [-0.25, -0.2) is 0 Å². The van der Waals surface area contributed by atoms with Gasteiger partial charge in [0.1, 0.15) is 6.04 Å². The molecule has 152 valence electrons. The van der Waals surface area contributed by atoms with Crippen molar-refractivity contribution < 1.29 is 18.9 Å². The molecular weight excluding hydrogens is 345 g/mol. The molecule has 4 N–H and O–H groups in total. The first kappa shape index (κ1) is 20.6. The Bertz CT molecular complexity index is 600. The van der Waals surface area contributed by atoms with Crippen molar-refractivity contribution in [3.63, 3.8) is 0 Å². The Morgan fingerprint density at radius 2 is 1.96 bits per heavy atom. The first-order valence-electron chi connectivity index (χ1n) is 10.2. The number of rotatable bonds is 7. The number of nitrogens with two attached hydrogens (primary N) is 1. The molecule has 7 nitrogen and oxygen atoms in total. The molecule has 1 saturated heterocycles. The highest BCUT2D eigenvalue weighted by atomic mass is 16.7. The summed E-state index contributed by atoms with van der Waals surface area (Å²) < 4.78 is 12.4. The van der Waals surface area contributed by atoms with Crippen molar-refractivity contribution in [3.05, 3.63) is 0 Å². The van der Waals surface area contributed by atoms with Crippen molar-refractivity contribution in [1.29, 1.82) is 0 Å². The van der Waals surface area contributed by atoms with Gasteiger partial charge in [0.25, 0.3) is 0 Å². The number of carbonyl (C=O) groups excluding carboxylic acids is 2. The van der Waals surface area contributed by atoms with Gasteiger partial charge in [-0.3, -0.25) is 9.59 Å². The van der Waals surface area contributed by atoms with Gasteiger partial charge in [0.05, 0.1) is 24.7 Å². The summed E-state index contributed by atoms with van der Waals surface area (Å²) in [7, 11) is -0.441. The molecule has 0 spiro atoms. The molecule has 3 aliphatic carbocycles. The third kappa shape index (κ3) is 3.76. The van der Waals surface area contributed by atoms with Crippen LogP contribution >= 0.6 is 0 Å². The number of hydrogen-bond acceptors (Lipinski definition) is 5. The number of amides is 2. The first-order valence-corrected chi connectivity index (χ1v) is 10.2. The third-order valence-corrected chi connectivity index (χ3v) is 6.99. The molecule has 4 aliphatic rings. The van der Waals surface area contributed by atoms with Crippen molar-refractivity contribution >= 4 is 18.9 Å². The average Bonchev–Trinajstić information content (AvgIpc) is 2.94. The summed E-state index contributed by atoms with van der Waals surface area (Å²) in [5.41, 5.74) is 5.38. The highest BCUT2D eigenvalue weighted by Gasteiger charge is 2.67. The van der Waals surface area contributed by atoms with E-state index in [9.17, 15) is 9.59 Å². The van der Waals surface area contributed by atoms with E-state index in [1.807, 2.05) is 13.8 Å². The van der Waals surface area contributed by atoms with Gasteiger partial charge in [-0.15, -0.1) is 0 Å². The van der Waals surface area contributed by atoms with Gasteiger partial charge in [0.2, 0.25) is 11.8 Å². The zero-order valence-electron chi connectivity index (χ0n) is 17.2. The minimum absolute atomic E-state index is 0.0968. The first-order chi connectivity index (χ1) is 12.6. The predicted octanol–water partition coefficient (Wildman–Crippen LogP) is 0.860. The van der Waals surface area contributed by atoms with Crippen LogP contribution in [0.2, 0.25) is 0 Å². The fourth-order valence-electron chi connectivity index (χ4n) is 5.30. The summed E-state index contributed by atoms with van der Waals surface area (Å²) in [5.74, 6) is 0.909. The van der Waals surface area contributed by atoms with Gasteiger partial charge in [0.15, 0.2) is 0 Å². The van der Waals surface area contributed by atoms with Crippen molar-refractivity contribution in [3.8, 4) is 0 Å². The fraction of sp³-hybridized carbons (Fsp3) is 0.895. The maximum atomic E-state index is 12.6. The van der Waals surface area contributed by atoms with Crippen LogP contribution in [0.3, 0.4) is 0 Å². The lowest BCUT2D eigenvalue weighted by Gasteiger charge is -2.64. The summed E-state index contributed by atoms with van der Waals surface area (Å²) in [6.07, 6.45) is 3.16. The largest absolute Gasteiger partial charge is 0.478 e. The molecular formula is C19H34BN3O4. The molecule has 2 bridgehead atoms. The molecule has 2 amide bonds. The number of carbonyl (C=O) groups is 2. The minimum Gasteiger partial charge on any atom is -0.404 e. The molecule has 27 heavy (non-hydrogen) atoms. The van der Waals surface area contributed by atoms with E-state index in [2.05, 4.69) is 31.4 Å². The van der Waals surface area contributed by atoms with Crippen molar-refractivity contribution in [2.24, 2.45) is 28.9 Å². The highest BCUT2D eigenvalue weighted by Crippen LogP contribution is 2.65. The Kier molecular flexibility index (Phi) is 5.63. The molecule has 5 atom stereocenters. The Morgan fingerprint density at radius 1 is 1.26 bits per heavy atom. The lowest BCUT2D eigenvalue weighted by molar-refractivity contribution is -0.199. The number of nitrogens with one attached hydrogen (secondary N) is 2. The van der Waals surface area contributed by atoms with Crippen molar-refractivity contribution in [1.82, 2.24) is 10.6 Å². The van der Waals surface area contributed by atoms with Crippen LogP contribution < -0.4 is 16.4 Å². The average molecular weight is 379 g/mol. The summed E-state index contributed by atoms with van der Waals surface area (Å²) in [5, 5.41) is 5.59. The lowest BCUT2D eigenvalue weighted by atomic mass is 9.43. The summed E-state index contributed by atoms with van der Waals surface area (Å²) in [6.45, 7) is 10.7. The van der Waals surface area contributed by atoms with Crippen LogP contribution in [-0.2, 0) is 18.9 Å². The van der Waals surface area contributed by atoms with E-state index in [4.69, 9.17) is 15.0 Å². The maximum absolute atomic E-state index is 12.6. The van der Waals surface area contributed by atoms with Gasteiger partial charge in [-0.1, -0.05) is 27.7 Å². The molecule has 4 fully saturated rings. The van der Waals surface area contributed by atoms with Gasteiger partial charge in [-0.2, -0.15) is 0 Å². The molecule has 0 unspecified atom stereocenters. The summed E-state index contributed by atoms with van der Waals surface area (Å²) in [4.78, 5) is 24.2. The highest BCUT2D eigenvalue weighted by molar-refractivity contribution is 6.46. The Balaban J connectivity index is 1.55. The molecule has 1 aliphatic heterocycles. The van der Waals surface area contributed by atoms with Crippen molar-refractivity contribution in [2.45, 2.75) is 71.6 Å². The molecule has 0 radical (unpaired) electrons. The van der Waals surface area contributed by atoms with Crippen LogP contribution in [-0.4, -0.2) is 49.7 Å². The maximum Gasteiger partial charge on any atom is 0.478 e. The van der Waals surface area contributed by atoms with Crippen LogP contribution in [0.5, 0.6) is 0 Å². The SMILES string of the molecule is CC(C)C[C@H](NC(=O)CN)C(=O)NCB1O[C@@H]2C[C@@H]3C[C@@H](C3(C)C)[C@]2(C)O1. The van der Waals surface area contributed by atoms with Crippen LogP contribution in [0, 0.1) is 23.2 Å². The van der Waals surface area contributed by atoms with E-state index in [1.54, 1.807) is 0 Å². The summed E-state index contributed by atoms with van der Waals surface area (Å²) in [6, 6.07) is -0.591. The number of hydrogen-bond donors (Lipinski definition) is 3. The monoisotopic (exact) mass is 379 g/mol. The molecule has 1 heterocycles. The molecule has 0 aromatic carbocycles. The Morgan fingerprint density at radius 3 is 2.56 bits per heavy atom. The van der Waals surface area contributed by atoms with E-state index >= 15 is 0 Å². The Labute approximate surface area is 162 Å². The fourth-order valence-corrected chi connectivity index (χ4v) is 5.30. The molecule has 8 heteroatoms. The van der Waals surface area contributed by atoms with E-state index in [-0.39, 0.29) is 42.4 Å². The molecule has 3 saturated carbocycles. The van der Waals surface area contributed by atoms with E-state index < -0.39 is 13.2 Å². The predicted molar refractivity (Wildman–Crippen MR) is 104 cm³/mol. The standard InChI is InChI=1S/C19H34BN3O4/c1-11(2)6-13(23-16(24)9-21)17(25)22-10-20-26-15-8-12-7-14(18(12,3)4)19(15,5)27-20/h11-15H,6-10,21H2,1-5H3,(H,22,25)(H,23,24)/t12-,13-,14-,15+,19-/m0/s1. The van der Waals surface area contributed by atoms with Crippen LogP contribution in [0.15, 0.2) is 0 Å². The second-order valence-corrected chi connectivity index (χ2v) is 9.60. The molecule has 0 aromatic heterocycles. The van der Waals surface area contributed by atoms with Gasteiger partial charge >= 0.3 is 7.12 Å². The van der Waals surface area contributed by atoms with Crippen LogP contribution in [0.4, 0.5) is 0 Å². The quantitative estimate of drug-likeness (QED) is 0.570. The van der Waals surface area contributed by atoms with E-state index in [0.29, 0.717) is 23.7 Å². The normalized spacial score (nSPS) is 34.6. The van der Waals surface area contributed by atoms with Gasteiger partial charge < -0.3 is 25.7 Å². The van der Waals surface area contributed by atoms with Crippen LogP contribution in [0.1, 0.15) is 53.9 Å². The lowest BCUT2D eigenvalue weighted by Crippen LogP contribution is -2.65. The molecule has 0 aromatic rings. The van der Waals surface area contributed by atoms with Gasteiger partial charge in [0, 0.05) is 0 Å². The van der Waals surface area contributed by atoms with E-state index in [0.717, 1.165) is 6.42 Å².